The van der Waals surface area contributed by atoms with E-state index in [2.05, 4.69) is 10.1 Å². The Morgan fingerprint density at radius 3 is 2.57 bits per heavy atom. The number of para-hydroxylation sites is 1. The molecule has 0 heterocycles. The van der Waals surface area contributed by atoms with Crippen molar-refractivity contribution in [1.29, 1.82) is 0 Å². The number of methoxy groups -OCH3 is 1. The quantitative estimate of drug-likeness (QED) is 0.606. The molecule has 8 heteroatoms. The molecule has 0 bridgehead atoms. The number of carbonyl (C=O) groups excluding carboxylic acids is 1. The molecular weight excluding hydrogens is 370 g/mol. The molecule has 1 unspecified atom stereocenters. The fourth-order valence-electron chi connectivity index (χ4n) is 2.50. The van der Waals surface area contributed by atoms with Crippen LogP contribution in [-0.4, -0.2) is 46.4 Å². The third-order valence-electron chi connectivity index (χ3n) is 3.94. The summed E-state index contributed by atoms with van der Waals surface area (Å²) in [4.78, 5) is 13.1. The standard InChI is InChI=1S/C20H24F2N2O4/c1-24(10-11-27-16-6-4-3-5-7-16)14-19(25)23-13-15-8-9-17(28-20(21)22)18(12-15)26-2/h3-9,12,20H,10-11,13-14H2,1-2H3,(H,23,25)/p+1. The van der Waals surface area contributed by atoms with Gasteiger partial charge in [-0.15, -0.1) is 0 Å². The highest BCUT2D eigenvalue weighted by Crippen LogP contribution is 2.29. The van der Waals surface area contributed by atoms with E-state index in [1.807, 2.05) is 37.4 Å². The molecule has 0 radical (unpaired) electrons. The molecule has 0 aliphatic heterocycles. The molecule has 0 fully saturated rings. The van der Waals surface area contributed by atoms with Gasteiger partial charge in [-0.25, -0.2) is 0 Å². The van der Waals surface area contributed by atoms with Crippen LogP contribution in [0.4, 0.5) is 8.78 Å². The van der Waals surface area contributed by atoms with E-state index in [0.717, 1.165) is 16.2 Å². The zero-order valence-corrected chi connectivity index (χ0v) is 15.9. The number of quaternary nitrogens is 1. The van der Waals surface area contributed by atoms with Crippen molar-refractivity contribution in [2.75, 3.05) is 33.9 Å². The van der Waals surface area contributed by atoms with Crippen molar-refractivity contribution in [2.24, 2.45) is 0 Å². The Morgan fingerprint density at radius 1 is 1.14 bits per heavy atom. The van der Waals surface area contributed by atoms with E-state index < -0.39 is 6.61 Å². The topological polar surface area (TPSA) is 61.2 Å². The SMILES string of the molecule is COc1cc(CNC(=O)C[NH+](C)CCOc2ccccc2)ccc1OC(F)F. The van der Waals surface area contributed by atoms with Crippen LogP contribution in [0.1, 0.15) is 5.56 Å². The molecule has 0 saturated carbocycles. The number of rotatable bonds is 11. The van der Waals surface area contributed by atoms with Crippen molar-refractivity contribution in [1.82, 2.24) is 5.32 Å². The highest BCUT2D eigenvalue weighted by Gasteiger charge is 2.13. The molecule has 152 valence electrons. The lowest BCUT2D eigenvalue weighted by Crippen LogP contribution is -3.10. The molecule has 2 rings (SSSR count). The van der Waals surface area contributed by atoms with E-state index in [1.165, 1.54) is 13.2 Å². The molecule has 0 aliphatic rings. The zero-order valence-electron chi connectivity index (χ0n) is 15.9. The first-order chi connectivity index (χ1) is 13.5. The second-order valence-corrected chi connectivity index (χ2v) is 6.19. The third-order valence-corrected chi connectivity index (χ3v) is 3.94. The average molecular weight is 395 g/mol. The Kier molecular flexibility index (Phi) is 8.48. The first kappa shape index (κ1) is 21.4. The van der Waals surface area contributed by atoms with Crippen LogP contribution < -0.4 is 24.4 Å². The van der Waals surface area contributed by atoms with Gasteiger partial charge in [0, 0.05) is 6.54 Å². The van der Waals surface area contributed by atoms with Crippen molar-refractivity contribution >= 4 is 5.91 Å². The molecule has 2 aromatic carbocycles. The van der Waals surface area contributed by atoms with Crippen molar-refractivity contribution in [2.45, 2.75) is 13.2 Å². The maximum Gasteiger partial charge on any atom is 0.387 e. The second kappa shape index (κ2) is 11.1. The van der Waals surface area contributed by atoms with E-state index in [9.17, 15) is 13.6 Å². The number of carbonyl (C=O) groups is 1. The summed E-state index contributed by atoms with van der Waals surface area (Å²) < 4.78 is 39.8. The van der Waals surface area contributed by atoms with Gasteiger partial charge in [0.25, 0.3) is 5.91 Å². The number of ether oxygens (including phenoxy) is 3. The monoisotopic (exact) mass is 395 g/mol. The summed E-state index contributed by atoms with van der Waals surface area (Å²) in [5.74, 6) is 0.820. The Balaban J connectivity index is 1.73. The Labute approximate surface area is 163 Å². The van der Waals surface area contributed by atoms with Gasteiger partial charge < -0.3 is 24.4 Å². The fraction of sp³-hybridized carbons (Fsp3) is 0.350. The maximum atomic E-state index is 12.4. The van der Waals surface area contributed by atoms with Crippen LogP contribution in [0.3, 0.4) is 0 Å². The molecule has 6 nitrogen and oxygen atoms in total. The van der Waals surface area contributed by atoms with Gasteiger partial charge in [0.05, 0.1) is 14.2 Å². The van der Waals surface area contributed by atoms with Crippen molar-refractivity contribution in [3.63, 3.8) is 0 Å². The summed E-state index contributed by atoms with van der Waals surface area (Å²) in [5, 5.41) is 2.80. The lowest BCUT2D eigenvalue weighted by Gasteiger charge is -2.15. The van der Waals surface area contributed by atoms with E-state index in [-0.39, 0.29) is 24.0 Å². The number of benzene rings is 2. The van der Waals surface area contributed by atoms with Gasteiger partial charge in [0.15, 0.2) is 18.0 Å². The van der Waals surface area contributed by atoms with Gasteiger partial charge in [-0.1, -0.05) is 24.3 Å². The van der Waals surface area contributed by atoms with Gasteiger partial charge in [-0.2, -0.15) is 8.78 Å². The second-order valence-electron chi connectivity index (χ2n) is 6.19. The summed E-state index contributed by atoms with van der Waals surface area (Å²) >= 11 is 0. The number of hydrogen-bond acceptors (Lipinski definition) is 4. The minimum absolute atomic E-state index is 0.0461. The largest absolute Gasteiger partial charge is 0.493 e. The van der Waals surface area contributed by atoms with Gasteiger partial charge >= 0.3 is 6.61 Å². The molecular formula is C20H25F2N2O4+. The molecule has 1 atom stereocenters. The Hall–Kier alpha value is -2.87. The Morgan fingerprint density at radius 2 is 1.89 bits per heavy atom. The number of nitrogens with one attached hydrogen (secondary N) is 2. The van der Waals surface area contributed by atoms with E-state index in [1.54, 1.807) is 12.1 Å². The smallest absolute Gasteiger partial charge is 0.387 e. The van der Waals surface area contributed by atoms with Gasteiger partial charge in [0.2, 0.25) is 0 Å². The van der Waals surface area contributed by atoms with Crippen LogP contribution in [0.15, 0.2) is 48.5 Å². The van der Waals surface area contributed by atoms with Crippen LogP contribution in [-0.2, 0) is 11.3 Å². The van der Waals surface area contributed by atoms with Crippen LogP contribution in [0.2, 0.25) is 0 Å². The highest BCUT2D eigenvalue weighted by atomic mass is 19.3. The van der Waals surface area contributed by atoms with Crippen molar-refractivity contribution in [3.8, 4) is 17.2 Å². The number of likely N-dealkylation sites (N-methyl/N-ethyl adjacent to an activating group) is 1. The number of alkyl halides is 2. The lowest BCUT2D eigenvalue weighted by atomic mass is 10.2. The molecule has 0 saturated heterocycles. The highest BCUT2D eigenvalue weighted by molar-refractivity contribution is 5.76. The summed E-state index contributed by atoms with van der Waals surface area (Å²) in [7, 11) is 3.28. The normalized spacial score (nSPS) is 11.8. The first-order valence-corrected chi connectivity index (χ1v) is 8.85. The van der Waals surface area contributed by atoms with Crippen LogP contribution >= 0.6 is 0 Å². The molecule has 0 spiro atoms. The fourth-order valence-corrected chi connectivity index (χ4v) is 2.50. The summed E-state index contributed by atoms with van der Waals surface area (Å²) in [6.07, 6.45) is 0. The molecule has 2 N–H and O–H groups in total. The number of halogens is 2. The maximum absolute atomic E-state index is 12.4. The first-order valence-electron chi connectivity index (χ1n) is 8.85. The predicted molar refractivity (Wildman–Crippen MR) is 100 cm³/mol. The molecule has 0 aliphatic carbocycles. The van der Waals surface area contributed by atoms with Gasteiger partial charge in [-0.3, -0.25) is 4.79 Å². The Bertz CT molecular complexity index is 744. The molecule has 0 aromatic heterocycles. The summed E-state index contributed by atoms with van der Waals surface area (Å²) in [6, 6.07) is 14.0. The number of amides is 1. The van der Waals surface area contributed by atoms with E-state index in [0.29, 0.717) is 19.7 Å². The predicted octanol–water partition coefficient (Wildman–Crippen LogP) is 1.51. The molecule has 2 aromatic rings. The minimum atomic E-state index is -2.93. The molecule has 1 amide bonds. The summed E-state index contributed by atoms with van der Waals surface area (Å²) in [5.41, 5.74) is 0.719. The zero-order chi connectivity index (χ0) is 20.4. The van der Waals surface area contributed by atoms with Crippen LogP contribution in [0.25, 0.3) is 0 Å². The third kappa shape index (κ3) is 7.40. The van der Waals surface area contributed by atoms with Crippen LogP contribution in [0.5, 0.6) is 17.2 Å². The van der Waals surface area contributed by atoms with E-state index in [4.69, 9.17) is 9.47 Å². The molecule has 28 heavy (non-hydrogen) atoms. The van der Waals surface area contributed by atoms with Gasteiger partial charge in [-0.05, 0) is 29.8 Å². The lowest BCUT2D eigenvalue weighted by molar-refractivity contribution is -0.871. The van der Waals surface area contributed by atoms with Crippen molar-refractivity contribution < 1.29 is 32.7 Å². The minimum Gasteiger partial charge on any atom is -0.493 e. The van der Waals surface area contributed by atoms with E-state index >= 15 is 0 Å². The van der Waals surface area contributed by atoms with Gasteiger partial charge in [0.1, 0.15) is 18.9 Å². The van der Waals surface area contributed by atoms with Crippen LogP contribution in [0, 0.1) is 0 Å². The summed E-state index contributed by atoms with van der Waals surface area (Å²) in [6.45, 7) is -1.19. The number of hydrogen-bond donors (Lipinski definition) is 2. The average Bonchev–Trinajstić information content (AvgIpc) is 2.67. The van der Waals surface area contributed by atoms with Crippen molar-refractivity contribution in [3.05, 3.63) is 54.1 Å².